The maximum absolute atomic E-state index is 12.6. The minimum absolute atomic E-state index is 0.0333. The molecule has 0 aromatic heterocycles. The molecule has 9 heteroatoms. The number of carbonyl (C=O) groups is 1. The van der Waals surface area contributed by atoms with Crippen LogP contribution in [0.25, 0.3) is 6.08 Å². The minimum Gasteiger partial charge on any atom is -0.289 e. The Labute approximate surface area is 153 Å². The molecule has 23 heavy (non-hydrogen) atoms. The van der Waals surface area contributed by atoms with Crippen molar-refractivity contribution in [3.8, 4) is 0 Å². The molecular weight excluding hydrogens is 397 g/mol. The number of amides is 1. The summed E-state index contributed by atoms with van der Waals surface area (Å²) in [5, 5.41) is 0.946. The highest BCUT2D eigenvalue weighted by molar-refractivity contribution is 8.26. The fraction of sp³-hybridized carbons (Fsp3) is 0.286. The lowest BCUT2D eigenvalue weighted by molar-refractivity contribution is -0.123. The zero-order valence-electron chi connectivity index (χ0n) is 11.7. The van der Waals surface area contributed by atoms with Crippen LogP contribution in [0.1, 0.15) is 12.0 Å². The summed E-state index contributed by atoms with van der Waals surface area (Å²) in [5.74, 6) is -0.210. The van der Waals surface area contributed by atoms with Gasteiger partial charge in [-0.3, -0.25) is 9.69 Å². The van der Waals surface area contributed by atoms with Crippen molar-refractivity contribution in [3.63, 3.8) is 0 Å². The maximum atomic E-state index is 12.6. The van der Waals surface area contributed by atoms with Crippen LogP contribution in [0.2, 0.25) is 10.0 Å². The number of thiocarbonyl (C=S) groups is 1. The van der Waals surface area contributed by atoms with Gasteiger partial charge in [-0.1, -0.05) is 53.2 Å². The van der Waals surface area contributed by atoms with E-state index in [0.717, 1.165) is 11.8 Å². The monoisotopic (exact) mass is 407 g/mol. The van der Waals surface area contributed by atoms with Crippen molar-refractivity contribution in [3.05, 3.63) is 38.7 Å². The molecule has 1 atom stereocenters. The summed E-state index contributed by atoms with van der Waals surface area (Å²) in [4.78, 5) is 14.4. The molecular formula is C14H11Cl2NO3S3. The highest BCUT2D eigenvalue weighted by Crippen LogP contribution is 2.37. The number of hydrogen-bond acceptors (Lipinski definition) is 5. The number of benzene rings is 1. The van der Waals surface area contributed by atoms with Gasteiger partial charge in [0.05, 0.1) is 22.5 Å². The molecule has 0 aliphatic carbocycles. The maximum Gasteiger partial charge on any atom is 0.266 e. The first-order chi connectivity index (χ1) is 10.8. The summed E-state index contributed by atoms with van der Waals surface area (Å²) in [6.45, 7) is 0. The van der Waals surface area contributed by atoms with Crippen molar-refractivity contribution in [1.82, 2.24) is 4.90 Å². The number of rotatable bonds is 2. The van der Waals surface area contributed by atoms with E-state index in [4.69, 9.17) is 35.4 Å². The molecule has 2 aliphatic heterocycles. The van der Waals surface area contributed by atoms with Gasteiger partial charge >= 0.3 is 0 Å². The first-order valence-corrected chi connectivity index (χ1v) is 10.5. The zero-order valence-corrected chi connectivity index (χ0v) is 15.6. The van der Waals surface area contributed by atoms with Gasteiger partial charge < -0.3 is 0 Å². The molecule has 0 N–H and O–H groups in total. The van der Waals surface area contributed by atoms with Crippen LogP contribution in [0.5, 0.6) is 0 Å². The first kappa shape index (κ1) is 17.2. The van der Waals surface area contributed by atoms with E-state index in [1.54, 1.807) is 24.3 Å². The summed E-state index contributed by atoms with van der Waals surface area (Å²) in [5.41, 5.74) is 0.663. The molecule has 0 unspecified atom stereocenters. The third-order valence-electron chi connectivity index (χ3n) is 3.65. The summed E-state index contributed by atoms with van der Waals surface area (Å²) < 4.78 is 23.6. The molecule has 2 fully saturated rings. The van der Waals surface area contributed by atoms with Gasteiger partial charge in [0.1, 0.15) is 4.32 Å². The standard InChI is InChI=1S/C14H11Cl2NO3S3/c15-9-2-1-8(11(16)6-9)5-12-13(18)17(14(21)22-12)10-3-4-23(19,20)7-10/h1-2,5-6,10H,3-4,7H2/b12-5+/t10-/m1/s1. The Morgan fingerprint density at radius 3 is 2.70 bits per heavy atom. The molecule has 122 valence electrons. The summed E-state index contributed by atoms with van der Waals surface area (Å²) >= 11 is 18.4. The molecule has 1 aromatic rings. The van der Waals surface area contributed by atoms with Crippen LogP contribution in [0.15, 0.2) is 23.1 Å². The second-order valence-electron chi connectivity index (χ2n) is 5.27. The Morgan fingerprint density at radius 2 is 2.09 bits per heavy atom. The lowest BCUT2D eigenvalue weighted by atomic mass is 10.2. The predicted molar refractivity (Wildman–Crippen MR) is 98.5 cm³/mol. The Balaban J connectivity index is 1.88. The van der Waals surface area contributed by atoms with Gasteiger partial charge in [0.15, 0.2) is 9.84 Å². The van der Waals surface area contributed by atoms with Gasteiger partial charge in [-0.15, -0.1) is 0 Å². The number of sulfone groups is 1. The molecule has 2 heterocycles. The molecule has 4 nitrogen and oxygen atoms in total. The number of hydrogen-bond donors (Lipinski definition) is 0. The molecule has 1 amide bonds. The van der Waals surface area contributed by atoms with Crippen molar-refractivity contribution < 1.29 is 13.2 Å². The van der Waals surface area contributed by atoms with E-state index in [2.05, 4.69) is 0 Å². The van der Waals surface area contributed by atoms with E-state index in [0.29, 0.717) is 31.3 Å². The smallest absolute Gasteiger partial charge is 0.266 e. The van der Waals surface area contributed by atoms with E-state index in [9.17, 15) is 13.2 Å². The normalized spacial score (nSPS) is 25.6. The van der Waals surface area contributed by atoms with Crippen LogP contribution in [0, 0.1) is 0 Å². The Bertz CT molecular complexity index is 836. The SMILES string of the molecule is O=C1/C(=C\c2ccc(Cl)cc2Cl)SC(=S)N1[C@@H]1CCS(=O)(=O)C1. The van der Waals surface area contributed by atoms with E-state index < -0.39 is 9.84 Å². The lowest BCUT2D eigenvalue weighted by Crippen LogP contribution is -2.39. The Hall–Kier alpha value is -0.600. The molecule has 0 saturated carbocycles. The second-order valence-corrected chi connectivity index (χ2v) is 10.0. The van der Waals surface area contributed by atoms with Crippen LogP contribution >= 0.6 is 47.2 Å². The first-order valence-electron chi connectivity index (χ1n) is 6.69. The zero-order chi connectivity index (χ0) is 16.8. The third-order valence-corrected chi connectivity index (χ3v) is 7.29. The molecule has 1 aromatic carbocycles. The highest BCUT2D eigenvalue weighted by atomic mass is 35.5. The van der Waals surface area contributed by atoms with E-state index >= 15 is 0 Å². The van der Waals surface area contributed by atoms with E-state index in [-0.39, 0.29) is 23.5 Å². The molecule has 2 aliphatic rings. The van der Waals surface area contributed by atoms with Crippen LogP contribution in [0.3, 0.4) is 0 Å². The Morgan fingerprint density at radius 1 is 1.35 bits per heavy atom. The van der Waals surface area contributed by atoms with Crippen molar-refractivity contribution in [2.45, 2.75) is 12.5 Å². The summed E-state index contributed by atoms with van der Waals surface area (Å²) in [7, 11) is -3.09. The lowest BCUT2D eigenvalue weighted by Gasteiger charge is -2.20. The average molecular weight is 408 g/mol. The van der Waals surface area contributed by atoms with Crippen LogP contribution in [-0.4, -0.2) is 41.1 Å². The second kappa shape index (κ2) is 6.37. The number of nitrogens with zero attached hydrogens (tertiary/aromatic N) is 1. The van der Waals surface area contributed by atoms with E-state index in [1.165, 1.54) is 4.90 Å². The van der Waals surface area contributed by atoms with Crippen LogP contribution in [-0.2, 0) is 14.6 Å². The van der Waals surface area contributed by atoms with Gasteiger partial charge in [0.25, 0.3) is 5.91 Å². The van der Waals surface area contributed by atoms with Crippen LogP contribution in [0.4, 0.5) is 0 Å². The fourth-order valence-electron chi connectivity index (χ4n) is 2.53. The number of halogens is 2. The Kier molecular flexibility index (Phi) is 4.77. The van der Waals surface area contributed by atoms with Crippen molar-refractivity contribution in [1.29, 1.82) is 0 Å². The summed E-state index contributed by atoms with van der Waals surface area (Å²) in [6, 6.07) is 4.62. The van der Waals surface area contributed by atoms with Gasteiger partial charge in [-0.25, -0.2) is 8.42 Å². The molecule has 0 radical (unpaired) electrons. The van der Waals surface area contributed by atoms with Gasteiger partial charge in [-0.05, 0) is 30.2 Å². The molecule has 3 rings (SSSR count). The van der Waals surface area contributed by atoms with Crippen LogP contribution < -0.4 is 0 Å². The van der Waals surface area contributed by atoms with Gasteiger partial charge in [0.2, 0.25) is 0 Å². The van der Waals surface area contributed by atoms with Crippen molar-refractivity contribution in [2.75, 3.05) is 11.5 Å². The average Bonchev–Trinajstić information content (AvgIpc) is 2.93. The topological polar surface area (TPSA) is 54.5 Å². The van der Waals surface area contributed by atoms with E-state index in [1.807, 2.05) is 0 Å². The van der Waals surface area contributed by atoms with Gasteiger partial charge in [0, 0.05) is 10.0 Å². The highest BCUT2D eigenvalue weighted by Gasteiger charge is 2.42. The number of carbonyl (C=O) groups excluding carboxylic acids is 1. The van der Waals surface area contributed by atoms with Gasteiger partial charge in [-0.2, -0.15) is 0 Å². The minimum atomic E-state index is -3.09. The fourth-order valence-corrected chi connectivity index (χ4v) is 6.09. The largest absolute Gasteiger partial charge is 0.289 e. The molecule has 2 saturated heterocycles. The molecule has 0 spiro atoms. The predicted octanol–water partition coefficient (Wildman–Crippen LogP) is 3.38. The van der Waals surface area contributed by atoms with Crippen molar-refractivity contribution >= 4 is 73.3 Å². The molecule has 0 bridgehead atoms. The van der Waals surface area contributed by atoms with Crippen molar-refractivity contribution in [2.24, 2.45) is 0 Å². The third kappa shape index (κ3) is 3.58. The number of thioether (sulfide) groups is 1. The quantitative estimate of drug-likeness (QED) is 0.555. The summed E-state index contributed by atoms with van der Waals surface area (Å²) in [6.07, 6.45) is 2.07.